The van der Waals surface area contributed by atoms with E-state index in [1.165, 1.54) is 0 Å². The van der Waals surface area contributed by atoms with Crippen molar-refractivity contribution in [2.24, 2.45) is 0 Å². The molecule has 3 aromatic rings. The number of ether oxygens (including phenoxy) is 1. The first kappa shape index (κ1) is 16.0. The van der Waals surface area contributed by atoms with Crippen molar-refractivity contribution in [3.8, 4) is 0 Å². The first-order chi connectivity index (χ1) is 11.7. The van der Waals surface area contributed by atoms with Gasteiger partial charge < -0.3 is 9.84 Å². The summed E-state index contributed by atoms with van der Waals surface area (Å²) in [6.07, 6.45) is 0. The number of carboxylic acids is 1. The second-order valence-corrected chi connectivity index (χ2v) is 5.49. The predicted octanol–water partition coefficient (Wildman–Crippen LogP) is 4.23. The van der Waals surface area contributed by atoms with E-state index in [1.54, 1.807) is 24.3 Å². The van der Waals surface area contributed by atoms with Gasteiger partial charge in [0.1, 0.15) is 0 Å². The number of carboxylic acid groups (broad SMARTS) is 1. The van der Waals surface area contributed by atoms with Gasteiger partial charge in [0.2, 0.25) is 5.60 Å². The Balaban J connectivity index is 2.07. The molecular weight excluding hydrogens is 300 g/mol. The van der Waals surface area contributed by atoms with Crippen molar-refractivity contribution in [1.82, 2.24) is 0 Å². The monoisotopic (exact) mass is 318 g/mol. The van der Waals surface area contributed by atoms with Crippen LogP contribution in [-0.2, 0) is 21.7 Å². The Morgan fingerprint density at radius 1 is 0.750 bits per heavy atom. The van der Waals surface area contributed by atoms with E-state index >= 15 is 0 Å². The highest BCUT2D eigenvalue weighted by molar-refractivity contribution is 5.84. The van der Waals surface area contributed by atoms with Gasteiger partial charge >= 0.3 is 5.97 Å². The third kappa shape index (κ3) is 3.07. The summed E-state index contributed by atoms with van der Waals surface area (Å²) in [5, 5.41) is 10.1. The minimum Gasteiger partial charge on any atom is -0.479 e. The zero-order valence-corrected chi connectivity index (χ0v) is 13.1. The van der Waals surface area contributed by atoms with Crippen LogP contribution in [0.3, 0.4) is 0 Å². The molecule has 0 aliphatic heterocycles. The summed E-state index contributed by atoms with van der Waals surface area (Å²) < 4.78 is 6.05. The molecule has 3 nitrogen and oxygen atoms in total. The van der Waals surface area contributed by atoms with Gasteiger partial charge in [-0.1, -0.05) is 91.0 Å². The van der Waals surface area contributed by atoms with E-state index in [0.717, 1.165) is 5.56 Å². The van der Waals surface area contributed by atoms with Gasteiger partial charge in [-0.2, -0.15) is 0 Å². The summed E-state index contributed by atoms with van der Waals surface area (Å²) in [4.78, 5) is 12.3. The molecule has 3 heteroatoms. The quantitative estimate of drug-likeness (QED) is 0.740. The second kappa shape index (κ2) is 7.11. The molecule has 0 amide bonds. The average molecular weight is 318 g/mol. The summed E-state index contributed by atoms with van der Waals surface area (Å²) >= 11 is 0. The molecule has 120 valence electrons. The van der Waals surface area contributed by atoms with Gasteiger partial charge in [-0.15, -0.1) is 0 Å². The molecule has 3 rings (SSSR count). The maximum atomic E-state index is 12.3. The van der Waals surface area contributed by atoms with Crippen molar-refractivity contribution in [3.63, 3.8) is 0 Å². The molecule has 0 saturated carbocycles. The van der Waals surface area contributed by atoms with Crippen LogP contribution in [0.25, 0.3) is 0 Å². The lowest BCUT2D eigenvalue weighted by molar-refractivity contribution is -0.163. The lowest BCUT2D eigenvalue weighted by Crippen LogP contribution is -2.40. The van der Waals surface area contributed by atoms with Crippen LogP contribution in [0, 0.1) is 0 Å². The maximum Gasteiger partial charge on any atom is 0.345 e. The molecule has 0 saturated heterocycles. The van der Waals surface area contributed by atoms with Gasteiger partial charge in [-0.05, 0) is 16.7 Å². The fraction of sp³-hybridized carbons (Fsp3) is 0.0952. The Morgan fingerprint density at radius 2 is 1.17 bits per heavy atom. The second-order valence-electron chi connectivity index (χ2n) is 5.49. The first-order valence-corrected chi connectivity index (χ1v) is 7.76. The smallest absolute Gasteiger partial charge is 0.345 e. The van der Waals surface area contributed by atoms with Gasteiger partial charge in [0.25, 0.3) is 0 Å². The number of aliphatic carboxylic acids is 1. The zero-order valence-electron chi connectivity index (χ0n) is 13.1. The third-order valence-corrected chi connectivity index (χ3v) is 3.96. The largest absolute Gasteiger partial charge is 0.479 e. The molecule has 0 unspecified atom stereocenters. The summed E-state index contributed by atoms with van der Waals surface area (Å²) in [7, 11) is 0. The Kier molecular flexibility index (Phi) is 4.73. The number of hydrogen-bond acceptors (Lipinski definition) is 2. The van der Waals surface area contributed by atoms with Gasteiger partial charge in [-0.3, -0.25) is 0 Å². The van der Waals surface area contributed by atoms with Crippen molar-refractivity contribution in [2.45, 2.75) is 12.2 Å². The summed E-state index contributed by atoms with van der Waals surface area (Å²) in [5.74, 6) is -1.03. The number of hydrogen-bond donors (Lipinski definition) is 1. The Hall–Kier alpha value is -2.91. The van der Waals surface area contributed by atoms with Crippen LogP contribution in [0.15, 0.2) is 91.0 Å². The van der Waals surface area contributed by atoms with Crippen molar-refractivity contribution in [2.75, 3.05) is 0 Å². The summed E-state index contributed by atoms with van der Waals surface area (Å²) in [5.41, 5.74) is 0.576. The van der Waals surface area contributed by atoms with E-state index in [-0.39, 0.29) is 6.61 Å². The van der Waals surface area contributed by atoms with Crippen LogP contribution in [0.4, 0.5) is 0 Å². The molecule has 0 aliphatic carbocycles. The van der Waals surface area contributed by atoms with Gasteiger partial charge in [0.05, 0.1) is 6.61 Å². The highest BCUT2D eigenvalue weighted by Crippen LogP contribution is 2.35. The van der Waals surface area contributed by atoms with Crippen molar-refractivity contribution >= 4 is 5.97 Å². The fourth-order valence-corrected chi connectivity index (χ4v) is 2.75. The van der Waals surface area contributed by atoms with E-state index in [0.29, 0.717) is 11.1 Å². The summed E-state index contributed by atoms with van der Waals surface area (Å²) in [6.45, 7) is 0.205. The molecule has 24 heavy (non-hydrogen) atoms. The highest BCUT2D eigenvalue weighted by Gasteiger charge is 2.43. The van der Waals surface area contributed by atoms with E-state index in [4.69, 9.17) is 4.74 Å². The fourth-order valence-electron chi connectivity index (χ4n) is 2.75. The molecular formula is C21H18O3. The normalized spacial score (nSPS) is 11.2. The molecule has 0 atom stereocenters. The van der Waals surface area contributed by atoms with Crippen molar-refractivity contribution < 1.29 is 14.6 Å². The standard InChI is InChI=1S/C21H18O3/c22-20(23)21(18-12-6-2-7-13-18,19-14-8-3-9-15-19)24-16-17-10-4-1-5-11-17/h1-15H,16H2,(H,22,23). The molecule has 0 radical (unpaired) electrons. The molecule has 0 heterocycles. The topological polar surface area (TPSA) is 46.5 Å². The van der Waals surface area contributed by atoms with Crippen LogP contribution in [0.2, 0.25) is 0 Å². The number of rotatable bonds is 6. The Morgan fingerprint density at radius 3 is 1.58 bits per heavy atom. The minimum absolute atomic E-state index is 0.205. The van der Waals surface area contributed by atoms with E-state index in [1.807, 2.05) is 66.7 Å². The van der Waals surface area contributed by atoms with Crippen LogP contribution in [0.1, 0.15) is 16.7 Å². The highest BCUT2D eigenvalue weighted by atomic mass is 16.5. The maximum absolute atomic E-state index is 12.3. The Labute approximate surface area is 141 Å². The van der Waals surface area contributed by atoms with Crippen LogP contribution < -0.4 is 0 Å². The predicted molar refractivity (Wildman–Crippen MR) is 92.5 cm³/mol. The molecule has 0 fully saturated rings. The molecule has 0 aromatic heterocycles. The van der Waals surface area contributed by atoms with E-state index in [9.17, 15) is 9.90 Å². The molecule has 0 bridgehead atoms. The van der Waals surface area contributed by atoms with E-state index < -0.39 is 11.6 Å². The third-order valence-electron chi connectivity index (χ3n) is 3.96. The van der Waals surface area contributed by atoms with Crippen LogP contribution in [-0.4, -0.2) is 11.1 Å². The number of benzene rings is 3. The average Bonchev–Trinajstić information content (AvgIpc) is 2.65. The first-order valence-electron chi connectivity index (χ1n) is 7.76. The lowest BCUT2D eigenvalue weighted by atomic mass is 9.86. The number of carbonyl (C=O) groups is 1. The molecule has 0 aliphatic rings. The Bertz CT molecular complexity index is 744. The van der Waals surface area contributed by atoms with Crippen LogP contribution >= 0.6 is 0 Å². The molecule has 0 spiro atoms. The van der Waals surface area contributed by atoms with Gasteiger partial charge in [-0.25, -0.2) is 4.79 Å². The SMILES string of the molecule is O=C(O)C(OCc1ccccc1)(c1ccccc1)c1ccccc1. The zero-order chi connectivity index (χ0) is 16.8. The van der Waals surface area contributed by atoms with Crippen molar-refractivity contribution in [1.29, 1.82) is 0 Å². The van der Waals surface area contributed by atoms with Crippen molar-refractivity contribution in [3.05, 3.63) is 108 Å². The summed E-state index contributed by atoms with van der Waals surface area (Å²) in [6, 6.07) is 27.7. The lowest BCUT2D eigenvalue weighted by Gasteiger charge is -2.31. The minimum atomic E-state index is -1.54. The van der Waals surface area contributed by atoms with Gasteiger partial charge in [0.15, 0.2) is 0 Å². The van der Waals surface area contributed by atoms with Crippen LogP contribution in [0.5, 0.6) is 0 Å². The molecule has 3 aromatic carbocycles. The van der Waals surface area contributed by atoms with Gasteiger partial charge in [0, 0.05) is 0 Å². The van der Waals surface area contributed by atoms with E-state index in [2.05, 4.69) is 0 Å². The molecule has 1 N–H and O–H groups in total.